The highest BCUT2D eigenvalue weighted by Gasteiger charge is 2.49. The number of carbonyl (C=O) groups excluding carboxylic acids is 1. The molecule has 2 heterocycles. The number of fused-ring (bicyclic) bond motifs is 1. The number of hydrogen-bond donors (Lipinski definition) is 2. The van der Waals surface area contributed by atoms with Crippen LogP contribution >= 0.6 is 12.4 Å². The third-order valence-electron chi connectivity index (χ3n) is 6.02. The molecule has 1 aliphatic carbocycles. The van der Waals surface area contributed by atoms with E-state index in [4.69, 9.17) is 0 Å². The molecule has 0 spiro atoms. The minimum absolute atomic E-state index is 0. The summed E-state index contributed by atoms with van der Waals surface area (Å²) in [6, 6.07) is 9.47. The molecule has 1 aliphatic heterocycles. The minimum Gasteiger partial charge on any atom is -0.321 e. The van der Waals surface area contributed by atoms with Crippen molar-refractivity contribution >= 4 is 24.0 Å². The van der Waals surface area contributed by atoms with Gasteiger partial charge in [0, 0.05) is 12.7 Å². The highest BCUT2D eigenvalue weighted by Crippen LogP contribution is 2.44. The third kappa shape index (κ3) is 3.84. The smallest absolute Gasteiger partial charge is 0.274 e. The zero-order valence-corrected chi connectivity index (χ0v) is 16.4. The van der Waals surface area contributed by atoms with Crippen LogP contribution in [0.4, 0.5) is 10.1 Å². The Hall–Kier alpha value is -2.18. The second kappa shape index (κ2) is 8.45. The van der Waals surface area contributed by atoms with Gasteiger partial charge in [-0.1, -0.05) is 25.0 Å². The number of nitrogens with one attached hydrogen (secondary N) is 2. The molecule has 2 fully saturated rings. The maximum absolute atomic E-state index is 13.1. The van der Waals surface area contributed by atoms with Crippen molar-refractivity contribution in [1.29, 1.82) is 0 Å². The van der Waals surface area contributed by atoms with Gasteiger partial charge in [-0.15, -0.1) is 12.4 Å². The van der Waals surface area contributed by atoms with Gasteiger partial charge in [-0.3, -0.25) is 9.59 Å². The number of nitrogens with zero attached hydrogens (tertiary/aromatic N) is 1. The van der Waals surface area contributed by atoms with Crippen LogP contribution in [-0.4, -0.2) is 23.6 Å². The summed E-state index contributed by atoms with van der Waals surface area (Å²) >= 11 is 0. The third-order valence-corrected chi connectivity index (χ3v) is 6.02. The monoisotopic (exact) mass is 405 g/mol. The molecule has 5 nitrogen and oxygen atoms in total. The lowest BCUT2D eigenvalue weighted by Crippen LogP contribution is -2.45. The molecule has 7 heteroatoms. The Kier molecular flexibility index (Phi) is 6.20. The molecule has 2 atom stereocenters. The maximum Gasteiger partial charge on any atom is 0.274 e. The number of aromatic nitrogens is 1. The van der Waals surface area contributed by atoms with Crippen molar-refractivity contribution in [3.8, 4) is 0 Å². The zero-order valence-electron chi connectivity index (χ0n) is 15.6. The summed E-state index contributed by atoms with van der Waals surface area (Å²) in [6.07, 6.45) is 5.82. The summed E-state index contributed by atoms with van der Waals surface area (Å²) in [5.74, 6) is -0.0104. The molecular formula is C21H25ClFN3O2. The highest BCUT2D eigenvalue weighted by molar-refractivity contribution is 5.96. The van der Waals surface area contributed by atoms with E-state index in [-0.39, 0.29) is 29.7 Å². The van der Waals surface area contributed by atoms with Crippen LogP contribution in [0.3, 0.4) is 0 Å². The van der Waals surface area contributed by atoms with Crippen LogP contribution < -0.4 is 16.2 Å². The van der Waals surface area contributed by atoms with E-state index in [0.29, 0.717) is 24.7 Å². The molecule has 1 amide bonds. The predicted molar refractivity (Wildman–Crippen MR) is 109 cm³/mol. The summed E-state index contributed by atoms with van der Waals surface area (Å²) in [6.45, 7) is 1.88. The largest absolute Gasteiger partial charge is 0.321 e. The fourth-order valence-electron chi connectivity index (χ4n) is 4.48. The summed E-state index contributed by atoms with van der Waals surface area (Å²) in [7, 11) is 0. The lowest BCUT2D eigenvalue weighted by molar-refractivity contribution is -0.128. The van der Waals surface area contributed by atoms with Crippen LogP contribution in [0.15, 0.2) is 47.4 Å². The van der Waals surface area contributed by atoms with Crippen molar-refractivity contribution in [2.24, 2.45) is 11.3 Å². The zero-order chi connectivity index (χ0) is 18.9. The van der Waals surface area contributed by atoms with E-state index in [9.17, 15) is 14.0 Å². The van der Waals surface area contributed by atoms with E-state index >= 15 is 0 Å². The first-order valence-electron chi connectivity index (χ1n) is 9.54. The first kappa shape index (κ1) is 20.6. The van der Waals surface area contributed by atoms with Crippen molar-refractivity contribution in [2.45, 2.75) is 32.2 Å². The van der Waals surface area contributed by atoms with Gasteiger partial charge < -0.3 is 15.2 Å². The molecule has 1 saturated heterocycles. The molecule has 4 rings (SSSR count). The standard InChI is InChI=1S/C21H24FN3O2.ClH/c22-17-8-6-15(7-9-17)13-25-11-3-5-18(19(25)26)24-20(27)21-10-2-1-4-16(21)12-23-14-21;/h3,5-9,11,16,23H,1-2,4,10,12-14H2,(H,24,27);1H/t16-,21+;/m0./s1. The van der Waals surface area contributed by atoms with Crippen molar-refractivity contribution in [2.75, 3.05) is 18.4 Å². The molecule has 0 radical (unpaired) electrons. The van der Waals surface area contributed by atoms with Gasteiger partial charge in [0.2, 0.25) is 5.91 Å². The maximum atomic E-state index is 13.1. The van der Waals surface area contributed by atoms with Crippen LogP contribution in [-0.2, 0) is 11.3 Å². The lowest BCUT2D eigenvalue weighted by Gasteiger charge is -2.37. The van der Waals surface area contributed by atoms with Crippen LogP contribution in [0.1, 0.15) is 31.2 Å². The average Bonchev–Trinajstić information content (AvgIpc) is 3.12. The predicted octanol–water partition coefficient (Wildman–Crippen LogP) is 3.18. The number of pyridine rings is 1. The van der Waals surface area contributed by atoms with Crippen molar-refractivity contribution in [1.82, 2.24) is 9.88 Å². The Balaban J connectivity index is 0.00000225. The second-order valence-electron chi connectivity index (χ2n) is 7.67. The van der Waals surface area contributed by atoms with Crippen LogP contribution in [0, 0.1) is 17.2 Å². The normalized spacial score (nSPS) is 23.5. The van der Waals surface area contributed by atoms with Crippen LogP contribution in [0.2, 0.25) is 0 Å². The summed E-state index contributed by atoms with van der Waals surface area (Å²) in [5.41, 5.74) is 0.482. The summed E-state index contributed by atoms with van der Waals surface area (Å²) in [4.78, 5) is 25.9. The minimum atomic E-state index is -0.400. The number of amides is 1. The fraction of sp³-hybridized carbons (Fsp3) is 0.429. The van der Waals surface area contributed by atoms with Gasteiger partial charge in [0.25, 0.3) is 5.56 Å². The van der Waals surface area contributed by atoms with Gasteiger partial charge in [-0.25, -0.2) is 4.39 Å². The van der Waals surface area contributed by atoms with E-state index < -0.39 is 5.41 Å². The first-order valence-corrected chi connectivity index (χ1v) is 9.54. The number of benzene rings is 1. The molecule has 0 unspecified atom stereocenters. The molecule has 0 bridgehead atoms. The Morgan fingerprint density at radius 1 is 1.25 bits per heavy atom. The van der Waals surface area contributed by atoms with Crippen LogP contribution in [0.5, 0.6) is 0 Å². The van der Waals surface area contributed by atoms with E-state index in [0.717, 1.165) is 37.8 Å². The van der Waals surface area contributed by atoms with Crippen molar-refractivity contribution in [3.63, 3.8) is 0 Å². The Labute approximate surface area is 169 Å². The lowest BCUT2D eigenvalue weighted by atomic mass is 9.67. The number of halogens is 2. The van der Waals surface area contributed by atoms with Gasteiger partial charge in [0.05, 0.1) is 12.0 Å². The fourth-order valence-corrected chi connectivity index (χ4v) is 4.48. The van der Waals surface area contributed by atoms with E-state index in [2.05, 4.69) is 10.6 Å². The van der Waals surface area contributed by atoms with Crippen molar-refractivity contribution in [3.05, 3.63) is 64.3 Å². The SMILES string of the molecule is Cl.O=C(Nc1cccn(Cc2ccc(F)cc2)c1=O)[C@@]12CCCC[C@H]1CNC2. The second-order valence-corrected chi connectivity index (χ2v) is 7.67. The first-order chi connectivity index (χ1) is 13.1. The molecule has 150 valence electrons. The number of rotatable bonds is 4. The van der Waals surface area contributed by atoms with Crippen molar-refractivity contribution < 1.29 is 9.18 Å². The van der Waals surface area contributed by atoms with Crippen LogP contribution in [0.25, 0.3) is 0 Å². The molecular weight excluding hydrogens is 381 g/mol. The van der Waals surface area contributed by atoms with E-state index in [1.807, 2.05) is 0 Å². The molecule has 2 N–H and O–H groups in total. The Morgan fingerprint density at radius 3 is 2.82 bits per heavy atom. The quantitative estimate of drug-likeness (QED) is 0.821. The van der Waals surface area contributed by atoms with E-state index in [1.54, 1.807) is 30.5 Å². The molecule has 1 aromatic heterocycles. The molecule has 28 heavy (non-hydrogen) atoms. The number of carbonyl (C=O) groups is 1. The van der Waals surface area contributed by atoms with Gasteiger partial charge in [-0.05, 0) is 55.1 Å². The Morgan fingerprint density at radius 2 is 2.04 bits per heavy atom. The number of anilines is 1. The summed E-state index contributed by atoms with van der Waals surface area (Å²) in [5, 5.41) is 6.27. The van der Waals surface area contributed by atoms with Gasteiger partial charge in [-0.2, -0.15) is 0 Å². The van der Waals surface area contributed by atoms with E-state index in [1.165, 1.54) is 16.7 Å². The average molecular weight is 406 g/mol. The van der Waals surface area contributed by atoms with Gasteiger partial charge >= 0.3 is 0 Å². The van der Waals surface area contributed by atoms with Gasteiger partial charge in [0.1, 0.15) is 11.5 Å². The Bertz CT molecular complexity index is 899. The molecule has 1 saturated carbocycles. The molecule has 1 aromatic carbocycles. The summed E-state index contributed by atoms with van der Waals surface area (Å²) < 4.78 is 14.6. The number of hydrogen-bond acceptors (Lipinski definition) is 3. The highest BCUT2D eigenvalue weighted by atomic mass is 35.5. The molecule has 2 aliphatic rings. The molecule has 2 aromatic rings. The van der Waals surface area contributed by atoms with Gasteiger partial charge in [0.15, 0.2) is 0 Å². The topological polar surface area (TPSA) is 63.1 Å².